The Kier molecular flexibility index (Phi) is 11.0. The van der Waals surface area contributed by atoms with Crippen LogP contribution < -0.4 is 0 Å². The van der Waals surface area contributed by atoms with Gasteiger partial charge in [0.15, 0.2) is 19.2 Å². The van der Waals surface area contributed by atoms with Crippen molar-refractivity contribution in [2.75, 3.05) is 14.0 Å². The van der Waals surface area contributed by atoms with Crippen molar-refractivity contribution in [2.45, 2.75) is 76.2 Å². The summed E-state index contributed by atoms with van der Waals surface area (Å²) in [6, 6.07) is 0. The molecule has 0 radical (unpaired) electrons. The van der Waals surface area contributed by atoms with Gasteiger partial charge >= 0.3 is 0 Å². The molecule has 0 aromatic carbocycles. The molecule has 2 N–H and O–H groups in total. The number of ether oxygens (including phenoxy) is 2. The molecule has 2 aliphatic rings. The molecule has 2 fully saturated rings. The van der Waals surface area contributed by atoms with Gasteiger partial charge in [-0.25, -0.2) is 17.6 Å². The van der Waals surface area contributed by atoms with Gasteiger partial charge in [-0.1, -0.05) is 6.92 Å². The van der Waals surface area contributed by atoms with Gasteiger partial charge in [0.25, 0.3) is 0 Å². The van der Waals surface area contributed by atoms with E-state index >= 15 is 0 Å². The quantitative estimate of drug-likeness (QED) is 0.738. The van der Waals surface area contributed by atoms with Gasteiger partial charge in [0.2, 0.25) is 0 Å². The highest BCUT2D eigenvalue weighted by atomic mass is 19.2. The lowest BCUT2D eigenvalue weighted by Crippen LogP contribution is -2.43. The lowest BCUT2D eigenvalue weighted by molar-refractivity contribution is -0.0626. The summed E-state index contributed by atoms with van der Waals surface area (Å²) in [5.74, 6) is 0.819. The second-order valence-electron chi connectivity index (χ2n) is 5.91. The second-order valence-corrected chi connectivity index (χ2v) is 5.91. The number of hydrogen-bond donors (Lipinski definition) is 0. The normalized spacial score (nSPS) is 38.5. The molecule has 2 saturated carbocycles. The van der Waals surface area contributed by atoms with Gasteiger partial charge < -0.3 is 14.9 Å². The van der Waals surface area contributed by atoms with E-state index in [9.17, 15) is 17.6 Å². The fourth-order valence-corrected chi connectivity index (χ4v) is 2.78. The molecule has 4 atom stereocenters. The summed E-state index contributed by atoms with van der Waals surface area (Å²) in [4.78, 5) is 0. The van der Waals surface area contributed by atoms with Gasteiger partial charge in [0.1, 0.15) is 6.17 Å². The molecule has 136 valence electrons. The molecule has 0 bridgehead atoms. The van der Waals surface area contributed by atoms with Crippen LogP contribution in [-0.4, -0.2) is 50.2 Å². The summed E-state index contributed by atoms with van der Waals surface area (Å²) < 4.78 is 59.0. The smallest absolute Gasteiger partial charge is 0.188 e. The average Bonchev–Trinajstić information content (AvgIpc) is 2.48. The average molecular weight is 334 g/mol. The van der Waals surface area contributed by atoms with Gasteiger partial charge in [-0.15, -0.1) is 0 Å². The van der Waals surface area contributed by atoms with Crippen LogP contribution >= 0.6 is 0 Å². The molecule has 4 unspecified atom stereocenters. The first-order valence-electron chi connectivity index (χ1n) is 7.62. The Balaban J connectivity index is 0. The molecule has 0 aromatic heterocycles. The Morgan fingerprint density at radius 1 is 0.955 bits per heavy atom. The number of alkyl halides is 4. The Hall–Kier alpha value is -0.400. The zero-order chi connectivity index (χ0) is 15.8. The lowest BCUT2D eigenvalue weighted by Gasteiger charge is -2.29. The molecule has 0 aliphatic heterocycles. The number of rotatable bonds is 3. The second kappa shape index (κ2) is 11.2. The fraction of sp³-hybridized carbons (Fsp3) is 1.00. The van der Waals surface area contributed by atoms with Gasteiger partial charge in [-0.05, 0) is 44.4 Å². The van der Waals surface area contributed by atoms with Crippen molar-refractivity contribution in [1.29, 1.82) is 0 Å². The van der Waals surface area contributed by atoms with Crippen LogP contribution in [0.2, 0.25) is 0 Å². The summed E-state index contributed by atoms with van der Waals surface area (Å²) in [6.07, 6.45) is -1.21. The first-order valence-corrected chi connectivity index (χ1v) is 7.62. The zero-order valence-corrected chi connectivity index (χ0v) is 13.2. The Morgan fingerprint density at radius 2 is 1.55 bits per heavy atom. The molecule has 0 saturated heterocycles. The van der Waals surface area contributed by atoms with Gasteiger partial charge in [-0.2, -0.15) is 0 Å². The molecule has 22 heavy (non-hydrogen) atoms. The van der Waals surface area contributed by atoms with E-state index in [1.54, 1.807) is 0 Å². The van der Waals surface area contributed by atoms with Crippen molar-refractivity contribution >= 4 is 0 Å². The molecule has 0 spiro atoms. The minimum absolute atomic E-state index is 0. The first kappa shape index (κ1) is 21.6. The third-order valence-corrected chi connectivity index (χ3v) is 4.30. The number of methoxy groups -OCH3 is 1. The molecular weight excluding hydrogens is 304 g/mol. The molecule has 7 heteroatoms. The largest absolute Gasteiger partial charge is 0.412 e. The predicted octanol–water partition coefficient (Wildman–Crippen LogP) is 3.74. The van der Waals surface area contributed by atoms with Crippen LogP contribution in [0.4, 0.5) is 17.6 Å². The molecule has 0 amide bonds. The highest BCUT2D eigenvalue weighted by Crippen LogP contribution is 2.28. The Labute approximate surface area is 131 Å². The first-order chi connectivity index (χ1) is 9.99. The highest BCUT2D eigenvalue weighted by Gasteiger charge is 2.40. The topological polar surface area (TPSA) is 50.0 Å². The molecular formula is C15H30F4O3. The molecule has 2 aliphatic carbocycles. The van der Waals surface area contributed by atoms with Crippen molar-refractivity contribution in [3.63, 3.8) is 0 Å². The van der Waals surface area contributed by atoms with Gasteiger partial charge in [-0.3, -0.25) is 0 Å². The van der Waals surface area contributed by atoms with E-state index in [1.807, 2.05) is 0 Å². The predicted molar refractivity (Wildman–Crippen MR) is 78.9 cm³/mol. The zero-order valence-electron chi connectivity index (χ0n) is 13.2. The van der Waals surface area contributed by atoms with Crippen LogP contribution in [0.3, 0.4) is 0 Å². The summed E-state index contributed by atoms with van der Waals surface area (Å²) in [6.45, 7) is 1.63. The van der Waals surface area contributed by atoms with E-state index in [4.69, 9.17) is 4.74 Å². The van der Waals surface area contributed by atoms with E-state index < -0.39 is 31.5 Å². The Bertz CT molecular complexity index is 279. The van der Waals surface area contributed by atoms with Crippen molar-refractivity contribution in [2.24, 2.45) is 5.92 Å². The number of halogens is 4. The summed E-state index contributed by atoms with van der Waals surface area (Å²) in [5, 5.41) is 0. The molecule has 3 nitrogen and oxygen atoms in total. The van der Waals surface area contributed by atoms with Crippen LogP contribution in [0.1, 0.15) is 46.9 Å². The van der Waals surface area contributed by atoms with Gasteiger partial charge in [0, 0.05) is 8.54 Å². The molecule has 0 aromatic rings. The van der Waals surface area contributed by atoms with Crippen molar-refractivity contribution in [3.8, 4) is 0 Å². The maximum Gasteiger partial charge on any atom is 0.188 e. The summed E-state index contributed by atoms with van der Waals surface area (Å²) in [5.41, 5.74) is 0. The lowest BCUT2D eigenvalue weighted by atomic mass is 9.89. The summed E-state index contributed by atoms with van der Waals surface area (Å²) >= 11 is 0. The molecule has 2 rings (SSSR count). The molecule has 0 heterocycles. The van der Waals surface area contributed by atoms with Crippen LogP contribution in [0, 0.1) is 5.92 Å². The van der Waals surface area contributed by atoms with Gasteiger partial charge in [0.05, 0.1) is 12.2 Å². The standard InChI is InChI=1S/C8H15FO.C7H11F3O.H2O.H2/c1-7-2-4-8(5-3-7)10-6-9;1-11-5-3-2-4(8)6(9)7(5)10;;/h7-8H,2-6H2,1H3;4-7H,2-3H2,1H3;1H2;1H. The van der Waals surface area contributed by atoms with E-state index in [-0.39, 0.29) is 25.8 Å². The van der Waals surface area contributed by atoms with Crippen LogP contribution in [0.5, 0.6) is 0 Å². The number of hydrogen-bond acceptors (Lipinski definition) is 2. The van der Waals surface area contributed by atoms with E-state index in [0.717, 1.165) is 18.8 Å². The van der Waals surface area contributed by atoms with Crippen LogP contribution in [0.15, 0.2) is 0 Å². The third-order valence-electron chi connectivity index (χ3n) is 4.30. The Morgan fingerprint density at radius 3 is 2.05 bits per heavy atom. The highest BCUT2D eigenvalue weighted by molar-refractivity contribution is 4.88. The maximum absolute atomic E-state index is 12.8. The van der Waals surface area contributed by atoms with Crippen LogP contribution in [0.25, 0.3) is 0 Å². The van der Waals surface area contributed by atoms with Crippen molar-refractivity contribution in [3.05, 3.63) is 0 Å². The van der Waals surface area contributed by atoms with E-state index in [1.165, 1.54) is 20.0 Å². The van der Waals surface area contributed by atoms with Crippen molar-refractivity contribution < 1.29 is 33.9 Å². The van der Waals surface area contributed by atoms with Crippen molar-refractivity contribution in [1.82, 2.24) is 0 Å². The maximum atomic E-state index is 12.8. The summed E-state index contributed by atoms with van der Waals surface area (Å²) in [7, 11) is 1.31. The van der Waals surface area contributed by atoms with E-state index in [0.29, 0.717) is 0 Å². The fourth-order valence-electron chi connectivity index (χ4n) is 2.78. The van der Waals surface area contributed by atoms with Crippen LogP contribution in [-0.2, 0) is 9.47 Å². The monoisotopic (exact) mass is 334 g/mol. The minimum atomic E-state index is -2.01. The minimum Gasteiger partial charge on any atom is -0.412 e. The third kappa shape index (κ3) is 6.79. The SMILES string of the molecule is CC1CCC(OCF)CC1.COC1CCC(F)C(F)C1F.O.[HH]. The van der Waals surface area contributed by atoms with E-state index in [2.05, 4.69) is 11.7 Å².